The summed E-state index contributed by atoms with van der Waals surface area (Å²) in [5.74, 6) is 1.76. The Bertz CT molecular complexity index is 1150. The number of nitrogens with one attached hydrogen (secondary N) is 1. The van der Waals surface area contributed by atoms with Crippen LogP contribution >= 0.6 is 0 Å². The molecule has 0 aliphatic carbocycles. The number of ether oxygens (including phenoxy) is 2. The van der Waals surface area contributed by atoms with Gasteiger partial charge in [-0.3, -0.25) is 9.69 Å². The van der Waals surface area contributed by atoms with E-state index < -0.39 is 0 Å². The second kappa shape index (κ2) is 9.06. The first-order valence-electron chi connectivity index (χ1n) is 12.1. The fourth-order valence-electron chi connectivity index (χ4n) is 5.43. The number of carbonyl (C=O) groups excluding carboxylic acids is 1. The van der Waals surface area contributed by atoms with E-state index in [9.17, 15) is 4.79 Å². The summed E-state index contributed by atoms with van der Waals surface area (Å²) in [5.41, 5.74) is 4.15. The molecule has 0 amide bonds. The second-order valence-corrected chi connectivity index (χ2v) is 9.09. The average Bonchev–Trinajstić information content (AvgIpc) is 3.44. The fourth-order valence-corrected chi connectivity index (χ4v) is 5.43. The van der Waals surface area contributed by atoms with Crippen molar-refractivity contribution in [2.45, 2.75) is 24.9 Å². The van der Waals surface area contributed by atoms with Crippen LogP contribution in [0.15, 0.2) is 65.5 Å². The number of para-hydroxylation sites is 2. The van der Waals surface area contributed by atoms with Gasteiger partial charge in [0.25, 0.3) is 0 Å². The largest absolute Gasteiger partial charge is 0.486 e. The van der Waals surface area contributed by atoms with E-state index in [-0.39, 0.29) is 17.9 Å². The van der Waals surface area contributed by atoms with Gasteiger partial charge >= 0.3 is 0 Å². The number of benzene rings is 2. The first-order valence-corrected chi connectivity index (χ1v) is 12.1. The molecular weight excluding hydrogens is 430 g/mol. The lowest BCUT2D eigenvalue weighted by Gasteiger charge is -2.44. The zero-order chi connectivity index (χ0) is 22.9. The molecule has 7 nitrogen and oxygen atoms in total. The molecule has 2 atom stereocenters. The molecule has 0 spiro atoms. The quantitative estimate of drug-likeness (QED) is 0.582. The molecule has 2 unspecified atom stereocenters. The Morgan fingerprint density at radius 2 is 1.82 bits per heavy atom. The number of carbonyl (C=O) groups is 1. The molecule has 7 heteroatoms. The first kappa shape index (κ1) is 21.1. The third kappa shape index (κ3) is 3.90. The van der Waals surface area contributed by atoms with Crippen molar-refractivity contribution in [2.24, 2.45) is 0 Å². The van der Waals surface area contributed by atoms with E-state index in [2.05, 4.69) is 39.4 Å². The molecule has 6 rings (SSSR count). The van der Waals surface area contributed by atoms with Gasteiger partial charge < -0.3 is 24.1 Å². The predicted octanol–water partition coefficient (Wildman–Crippen LogP) is 3.85. The number of furan rings is 1. The van der Waals surface area contributed by atoms with Crippen LogP contribution in [0.3, 0.4) is 0 Å². The molecule has 0 bridgehead atoms. The summed E-state index contributed by atoms with van der Waals surface area (Å²) in [6.07, 6.45) is 5.03. The van der Waals surface area contributed by atoms with Crippen LogP contribution in [0.25, 0.3) is 0 Å². The first-order chi connectivity index (χ1) is 16.8. The molecular formula is C27H29N3O4. The van der Waals surface area contributed by atoms with Crippen molar-refractivity contribution >= 4 is 17.2 Å². The van der Waals surface area contributed by atoms with E-state index in [0.29, 0.717) is 18.8 Å². The van der Waals surface area contributed by atoms with Crippen molar-refractivity contribution in [1.82, 2.24) is 4.90 Å². The van der Waals surface area contributed by atoms with Crippen LogP contribution in [-0.2, 0) is 6.42 Å². The highest BCUT2D eigenvalue weighted by Crippen LogP contribution is 2.40. The summed E-state index contributed by atoms with van der Waals surface area (Å²) in [4.78, 5) is 18.3. The number of ketones is 1. The number of aryl methyl sites for hydroxylation is 1. The Kier molecular flexibility index (Phi) is 5.63. The molecule has 1 aromatic heterocycles. The van der Waals surface area contributed by atoms with Crippen LogP contribution in [0, 0.1) is 0 Å². The molecule has 1 fully saturated rings. The molecule has 3 aromatic rings. The zero-order valence-electron chi connectivity index (χ0n) is 19.1. The Balaban J connectivity index is 1.23. The molecule has 0 radical (unpaired) electrons. The summed E-state index contributed by atoms with van der Waals surface area (Å²) < 4.78 is 17.0. The summed E-state index contributed by atoms with van der Waals surface area (Å²) in [7, 11) is 0. The highest BCUT2D eigenvalue weighted by molar-refractivity contribution is 6.00. The van der Waals surface area contributed by atoms with E-state index in [1.807, 2.05) is 18.2 Å². The van der Waals surface area contributed by atoms with Gasteiger partial charge in [-0.2, -0.15) is 0 Å². The molecule has 2 aromatic carbocycles. The number of Topliss-reactive ketones (excluding diaryl/α,β-unsaturated/α-hetero) is 1. The number of rotatable bonds is 5. The van der Waals surface area contributed by atoms with Crippen molar-refractivity contribution in [3.05, 3.63) is 72.2 Å². The van der Waals surface area contributed by atoms with Gasteiger partial charge in [-0.15, -0.1) is 0 Å². The number of piperazine rings is 1. The van der Waals surface area contributed by atoms with E-state index in [1.54, 1.807) is 18.6 Å². The summed E-state index contributed by atoms with van der Waals surface area (Å²) in [5, 5.41) is 3.68. The monoisotopic (exact) mass is 459 g/mol. The van der Waals surface area contributed by atoms with Gasteiger partial charge in [-0.05, 0) is 42.7 Å². The summed E-state index contributed by atoms with van der Waals surface area (Å²) in [6, 6.07) is 16.0. The van der Waals surface area contributed by atoms with Crippen LogP contribution in [-0.4, -0.2) is 62.2 Å². The van der Waals surface area contributed by atoms with Crippen LogP contribution in [0.4, 0.5) is 11.4 Å². The highest BCUT2D eigenvalue weighted by atomic mass is 16.6. The molecule has 176 valence electrons. The van der Waals surface area contributed by atoms with Crippen LogP contribution < -0.4 is 19.7 Å². The third-order valence-corrected chi connectivity index (χ3v) is 7.13. The standard InChI is InChI=1S/C27H29N3O4/c31-26(20-10-15-32-18-20)25(22-9-8-19-4-1-2-5-21(19)28-22)30-13-11-29(12-14-30)23-6-3-7-24-27(23)34-17-16-33-24/h1-7,10,15,18,22,25,28H,8-9,11-14,16-17H2. The topological polar surface area (TPSA) is 67.2 Å². The number of nitrogens with zero attached hydrogens (tertiary/aromatic N) is 2. The van der Waals surface area contributed by atoms with Gasteiger partial charge in [-0.1, -0.05) is 24.3 Å². The Morgan fingerprint density at radius 3 is 2.68 bits per heavy atom. The minimum absolute atomic E-state index is 0.0464. The van der Waals surface area contributed by atoms with Crippen molar-refractivity contribution in [3.63, 3.8) is 0 Å². The Morgan fingerprint density at radius 1 is 0.971 bits per heavy atom. The maximum Gasteiger partial charge on any atom is 0.185 e. The van der Waals surface area contributed by atoms with Gasteiger partial charge in [0.1, 0.15) is 19.5 Å². The Hall–Kier alpha value is -3.45. The minimum Gasteiger partial charge on any atom is -0.486 e. The smallest absolute Gasteiger partial charge is 0.185 e. The molecule has 4 heterocycles. The number of fused-ring (bicyclic) bond motifs is 2. The molecule has 0 saturated carbocycles. The molecule has 34 heavy (non-hydrogen) atoms. The lowest BCUT2D eigenvalue weighted by molar-refractivity contribution is 0.0770. The van der Waals surface area contributed by atoms with Crippen molar-refractivity contribution in [1.29, 1.82) is 0 Å². The lowest BCUT2D eigenvalue weighted by Crippen LogP contribution is -2.58. The van der Waals surface area contributed by atoms with Gasteiger partial charge in [0.15, 0.2) is 17.3 Å². The molecule has 3 aliphatic rings. The molecule has 1 saturated heterocycles. The molecule has 3 aliphatic heterocycles. The second-order valence-electron chi connectivity index (χ2n) is 9.09. The van der Waals surface area contributed by atoms with Crippen molar-refractivity contribution in [3.8, 4) is 11.5 Å². The van der Waals surface area contributed by atoms with E-state index >= 15 is 0 Å². The van der Waals surface area contributed by atoms with Crippen molar-refractivity contribution in [2.75, 3.05) is 49.6 Å². The normalized spacial score (nSPS) is 20.8. The van der Waals surface area contributed by atoms with Crippen LogP contribution in [0.1, 0.15) is 22.3 Å². The van der Waals surface area contributed by atoms with E-state index in [0.717, 1.165) is 61.9 Å². The van der Waals surface area contributed by atoms with Gasteiger partial charge in [0.2, 0.25) is 0 Å². The number of hydrogen-bond acceptors (Lipinski definition) is 7. The average molecular weight is 460 g/mol. The van der Waals surface area contributed by atoms with Gasteiger partial charge in [0, 0.05) is 37.9 Å². The SMILES string of the molecule is O=C(c1ccoc1)C(C1CCc2ccccc2N1)N1CCN(c2cccc3c2OCCO3)CC1. The maximum atomic E-state index is 13.7. The lowest BCUT2D eigenvalue weighted by atomic mass is 9.89. The number of hydrogen-bond donors (Lipinski definition) is 1. The van der Waals surface area contributed by atoms with E-state index in [4.69, 9.17) is 13.9 Å². The Labute approximate surface area is 199 Å². The van der Waals surface area contributed by atoms with Gasteiger partial charge in [0.05, 0.1) is 23.6 Å². The summed E-state index contributed by atoms with van der Waals surface area (Å²) in [6.45, 7) is 4.37. The fraction of sp³-hybridized carbons (Fsp3) is 0.370. The zero-order valence-corrected chi connectivity index (χ0v) is 19.1. The maximum absolute atomic E-state index is 13.7. The predicted molar refractivity (Wildman–Crippen MR) is 130 cm³/mol. The van der Waals surface area contributed by atoms with Crippen molar-refractivity contribution < 1.29 is 18.7 Å². The van der Waals surface area contributed by atoms with Crippen LogP contribution in [0.5, 0.6) is 11.5 Å². The molecule has 1 N–H and O–H groups in total. The van der Waals surface area contributed by atoms with Crippen LogP contribution in [0.2, 0.25) is 0 Å². The highest BCUT2D eigenvalue weighted by Gasteiger charge is 2.38. The third-order valence-electron chi connectivity index (χ3n) is 7.13. The van der Waals surface area contributed by atoms with E-state index in [1.165, 1.54) is 5.56 Å². The summed E-state index contributed by atoms with van der Waals surface area (Å²) >= 11 is 0. The number of anilines is 2. The van der Waals surface area contributed by atoms with Gasteiger partial charge in [-0.25, -0.2) is 0 Å². The minimum atomic E-state index is -0.252.